The molecule has 1 saturated heterocycles. The van der Waals surface area contributed by atoms with E-state index < -0.39 is 10.0 Å². The molecule has 2 rings (SSSR count). The van der Waals surface area contributed by atoms with E-state index in [1.807, 2.05) is 6.92 Å². The molecule has 1 aliphatic rings. The summed E-state index contributed by atoms with van der Waals surface area (Å²) in [5, 5.41) is 6.17. The summed E-state index contributed by atoms with van der Waals surface area (Å²) in [4.78, 5) is 0.220. The minimum atomic E-state index is -3.38. The molecule has 3 N–H and O–H groups in total. The number of nitrogens with one attached hydrogen (secondary N) is 1. The Bertz CT molecular complexity index is 440. The lowest BCUT2D eigenvalue weighted by atomic mass is 10.0. The van der Waals surface area contributed by atoms with Crippen LogP contribution < -0.4 is 5.73 Å². The van der Waals surface area contributed by atoms with Crippen LogP contribution in [0.2, 0.25) is 0 Å². The summed E-state index contributed by atoms with van der Waals surface area (Å²) in [5.41, 5.74) is 5.78. The highest BCUT2D eigenvalue weighted by atomic mass is 32.2. The van der Waals surface area contributed by atoms with E-state index >= 15 is 0 Å². The Kier molecular flexibility index (Phi) is 3.00. The number of aromatic nitrogens is 2. The molecule has 1 aliphatic heterocycles. The number of H-pyrrole nitrogens is 1. The lowest BCUT2D eigenvalue weighted by Gasteiger charge is -2.16. The molecule has 6 nitrogen and oxygen atoms in total. The topological polar surface area (TPSA) is 92.1 Å². The molecule has 1 aromatic heterocycles. The molecular formula is C9H16N4O2S. The van der Waals surface area contributed by atoms with E-state index in [0.29, 0.717) is 13.1 Å². The van der Waals surface area contributed by atoms with Crippen LogP contribution >= 0.6 is 0 Å². The van der Waals surface area contributed by atoms with Crippen molar-refractivity contribution in [2.75, 3.05) is 13.1 Å². The number of rotatable bonds is 3. The molecule has 0 aromatic carbocycles. The zero-order valence-corrected chi connectivity index (χ0v) is 9.94. The predicted molar refractivity (Wildman–Crippen MR) is 59.1 cm³/mol. The second-order valence-corrected chi connectivity index (χ2v) is 6.14. The van der Waals surface area contributed by atoms with Gasteiger partial charge in [0, 0.05) is 25.3 Å². The minimum Gasteiger partial charge on any atom is -0.328 e. The first kappa shape index (κ1) is 11.6. The molecule has 2 heterocycles. The third kappa shape index (κ3) is 1.98. The number of hydrogen-bond acceptors (Lipinski definition) is 4. The summed E-state index contributed by atoms with van der Waals surface area (Å²) < 4.78 is 25.7. The van der Waals surface area contributed by atoms with Gasteiger partial charge in [0.05, 0.1) is 6.20 Å². The standard InChI is InChI=1S/C9H16N4O2S/c1-7(10)8-2-3-13(6-8)16(14,15)9-4-11-12-5-9/h4-5,7-8H,2-3,6,10H2,1H3,(H,11,12). The quantitative estimate of drug-likeness (QED) is 0.768. The maximum absolute atomic E-state index is 12.1. The van der Waals surface area contributed by atoms with Gasteiger partial charge in [0.25, 0.3) is 0 Å². The van der Waals surface area contributed by atoms with E-state index in [9.17, 15) is 8.42 Å². The molecule has 0 bridgehead atoms. The second kappa shape index (κ2) is 4.15. The highest BCUT2D eigenvalue weighted by Gasteiger charge is 2.34. The van der Waals surface area contributed by atoms with Crippen LogP contribution in [0.4, 0.5) is 0 Å². The summed E-state index contributed by atoms with van der Waals surface area (Å²) in [5.74, 6) is 0.252. The summed E-state index contributed by atoms with van der Waals surface area (Å²) in [6.45, 7) is 2.96. The van der Waals surface area contributed by atoms with Crippen molar-refractivity contribution in [2.24, 2.45) is 11.7 Å². The molecule has 2 unspecified atom stereocenters. The fourth-order valence-corrected chi connectivity index (χ4v) is 3.35. The van der Waals surface area contributed by atoms with Crippen LogP contribution in [0.15, 0.2) is 17.3 Å². The molecule has 0 spiro atoms. The largest absolute Gasteiger partial charge is 0.328 e. The van der Waals surface area contributed by atoms with Gasteiger partial charge in [-0.05, 0) is 19.3 Å². The average Bonchev–Trinajstić information content (AvgIpc) is 2.90. The smallest absolute Gasteiger partial charge is 0.246 e. The Morgan fingerprint density at radius 2 is 2.44 bits per heavy atom. The van der Waals surface area contributed by atoms with E-state index in [-0.39, 0.29) is 16.9 Å². The van der Waals surface area contributed by atoms with E-state index in [1.165, 1.54) is 16.7 Å². The van der Waals surface area contributed by atoms with Crippen LogP contribution in [0.3, 0.4) is 0 Å². The third-order valence-electron chi connectivity index (χ3n) is 3.04. The maximum Gasteiger partial charge on any atom is 0.246 e. The second-order valence-electron chi connectivity index (χ2n) is 4.20. The first-order chi connectivity index (χ1) is 7.51. The molecular weight excluding hydrogens is 228 g/mol. The predicted octanol–water partition coefficient (Wildman–Crippen LogP) is -0.232. The Labute approximate surface area is 94.9 Å². The molecule has 90 valence electrons. The fourth-order valence-electron chi connectivity index (χ4n) is 1.93. The van der Waals surface area contributed by atoms with Gasteiger partial charge in [-0.1, -0.05) is 0 Å². The third-order valence-corrected chi connectivity index (χ3v) is 4.87. The summed E-state index contributed by atoms with van der Waals surface area (Å²) in [7, 11) is -3.38. The van der Waals surface area contributed by atoms with Crippen molar-refractivity contribution in [3.63, 3.8) is 0 Å². The maximum atomic E-state index is 12.1. The molecule has 2 atom stereocenters. The molecule has 16 heavy (non-hydrogen) atoms. The lowest BCUT2D eigenvalue weighted by Crippen LogP contribution is -2.32. The lowest BCUT2D eigenvalue weighted by molar-refractivity contribution is 0.429. The Morgan fingerprint density at radius 1 is 1.69 bits per heavy atom. The van der Waals surface area contributed by atoms with Gasteiger partial charge < -0.3 is 5.73 Å². The van der Waals surface area contributed by atoms with Crippen molar-refractivity contribution >= 4 is 10.0 Å². The van der Waals surface area contributed by atoms with Crippen LogP contribution in [0.25, 0.3) is 0 Å². The number of aromatic amines is 1. The molecule has 7 heteroatoms. The molecule has 1 aromatic rings. The van der Waals surface area contributed by atoms with Gasteiger partial charge in [0.15, 0.2) is 0 Å². The Hall–Kier alpha value is -0.920. The van der Waals surface area contributed by atoms with E-state index in [1.54, 1.807) is 0 Å². The van der Waals surface area contributed by atoms with Crippen molar-refractivity contribution < 1.29 is 8.42 Å². The molecule has 0 saturated carbocycles. The first-order valence-electron chi connectivity index (χ1n) is 5.26. The first-order valence-corrected chi connectivity index (χ1v) is 6.70. The zero-order chi connectivity index (χ0) is 11.8. The zero-order valence-electron chi connectivity index (χ0n) is 9.13. The number of sulfonamides is 1. The van der Waals surface area contributed by atoms with Crippen molar-refractivity contribution in [1.29, 1.82) is 0 Å². The van der Waals surface area contributed by atoms with E-state index in [0.717, 1.165) is 6.42 Å². The van der Waals surface area contributed by atoms with Gasteiger partial charge in [-0.25, -0.2) is 8.42 Å². The number of nitrogens with zero attached hydrogens (tertiary/aromatic N) is 2. The Balaban J connectivity index is 2.16. The van der Waals surface area contributed by atoms with Crippen LogP contribution in [0.5, 0.6) is 0 Å². The van der Waals surface area contributed by atoms with Crippen LogP contribution in [0, 0.1) is 5.92 Å². The normalized spacial score (nSPS) is 24.8. The molecule has 0 amide bonds. The number of hydrogen-bond donors (Lipinski definition) is 2. The summed E-state index contributed by atoms with van der Waals surface area (Å²) in [6, 6.07) is 0.0320. The summed E-state index contributed by atoms with van der Waals surface area (Å²) >= 11 is 0. The highest BCUT2D eigenvalue weighted by molar-refractivity contribution is 7.89. The SMILES string of the molecule is CC(N)C1CCN(S(=O)(=O)c2cn[nH]c2)C1. The van der Waals surface area contributed by atoms with E-state index in [4.69, 9.17) is 5.73 Å². The summed E-state index contributed by atoms with van der Waals surface area (Å²) in [6.07, 6.45) is 3.55. The van der Waals surface area contributed by atoms with Gasteiger partial charge >= 0.3 is 0 Å². The minimum absolute atomic E-state index is 0.0320. The highest BCUT2D eigenvalue weighted by Crippen LogP contribution is 2.24. The van der Waals surface area contributed by atoms with Crippen LogP contribution in [-0.2, 0) is 10.0 Å². The van der Waals surface area contributed by atoms with E-state index in [2.05, 4.69) is 10.2 Å². The Morgan fingerprint density at radius 3 is 2.94 bits per heavy atom. The van der Waals surface area contributed by atoms with Crippen molar-refractivity contribution in [3.8, 4) is 0 Å². The van der Waals surface area contributed by atoms with Gasteiger partial charge in [0.2, 0.25) is 10.0 Å². The molecule has 0 radical (unpaired) electrons. The van der Waals surface area contributed by atoms with Gasteiger partial charge in [-0.2, -0.15) is 9.40 Å². The molecule has 0 aliphatic carbocycles. The average molecular weight is 244 g/mol. The van der Waals surface area contributed by atoms with Crippen LogP contribution in [-0.4, -0.2) is 42.1 Å². The van der Waals surface area contributed by atoms with Gasteiger partial charge in [0.1, 0.15) is 4.90 Å². The van der Waals surface area contributed by atoms with Crippen molar-refractivity contribution in [1.82, 2.24) is 14.5 Å². The monoisotopic (exact) mass is 244 g/mol. The van der Waals surface area contributed by atoms with Crippen LogP contribution in [0.1, 0.15) is 13.3 Å². The fraction of sp³-hybridized carbons (Fsp3) is 0.667. The van der Waals surface area contributed by atoms with Gasteiger partial charge in [-0.3, -0.25) is 5.10 Å². The van der Waals surface area contributed by atoms with Crippen molar-refractivity contribution in [3.05, 3.63) is 12.4 Å². The van der Waals surface area contributed by atoms with Gasteiger partial charge in [-0.15, -0.1) is 0 Å². The number of nitrogens with two attached hydrogens (primary N) is 1. The molecule has 1 fully saturated rings. The van der Waals surface area contributed by atoms with Crippen molar-refractivity contribution in [2.45, 2.75) is 24.3 Å².